The number of amides is 2. The molecule has 130 heavy (non-hydrogen) atoms. The second-order valence-corrected chi connectivity index (χ2v) is 29.2. The Morgan fingerprint density at radius 2 is 0.308 bits per heavy atom. The van der Waals surface area contributed by atoms with Crippen LogP contribution in [0.1, 0.15) is 207 Å². The Hall–Kier alpha value is -3.27. The second kappa shape index (κ2) is 103. The first kappa shape index (κ1) is 147. The minimum atomic E-state index is -1.54. The van der Waals surface area contributed by atoms with Gasteiger partial charge in [0.1, 0.15) is 0 Å². The van der Waals surface area contributed by atoms with Crippen LogP contribution in [0.15, 0.2) is 24.3 Å². The van der Waals surface area contributed by atoms with Gasteiger partial charge in [-0.25, -0.2) is 0 Å². The molecule has 0 aromatic heterocycles. The molecule has 2 N–H and O–H groups in total. The van der Waals surface area contributed by atoms with Crippen LogP contribution in [0.3, 0.4) is 0 Å². The van der Waals surface area contributed by atoms with Crippen LogP contribution in [0.25, 0.3) is 0 Å². The topological polar surface area (TPSA) is 689 Å². The van der Waals surface area contributed by atoms with Crippen molar-refractivity contribution < 1.29 is 358 Å². The molecule has 0 aromatic rings. The minimum Gasteiger partial charge on any atom is -0.549 e. The Morgan fingerprint density at radius 1 is 0.185 bits per heavy atom. The van der Waals surface area contributed by atoms with E-state index in [0.717, 1.165) is 55.3 Å². The van der Waals surface area contributed by atoms with E-state index >= 15 is 0 Å². The summed E-state index contributed by atoms with van der Waals surface area (Å²) in [6.45, 7) is -2.49. The van der Waals surface area contributed by atoms with Gasteiger partial charge in [0, 0.05) is 203 Å². The maximum atomic E-state index is 11.3. The molecule has 0 spiro atoms. The first-order valence-electron chi connectivity index (χ1n) is 42.4. The fraction of sp³-hybridized carbons (Fsp3) is 0.744. The number of nitrogens with one attached hydrogen (secondary N) is 2. The Labute approximate surface area is 923 Å². The molecule has 0 aliphatic heterocycles. The van der Waals surface area contributed by atoms with Gasteiger partial charge >= 0.3 is 200 Å². The number of nitrogens with zero attached hydrogens (tertiary/aromatic N) is 9. The number of hydrogen-bond donors (Lipinski definition) is 2. The number of unbranched alkanes of at least 4 members (excludes halogenated alkanes) is 22. The molecule has 0 aliphatic rings. The number of hydrogen-bond acceptors (Lipinski definition) is 41. The summed E-state index contributed by atoms with van der Waals surface area (Å²) in [5, 5.41) is 166. The van der Waals surface area contributed by atoms with Gasteiger partial charge in [0.25, 0.3) is 0 Å². The van der Waals surface area contributed by atoms with Crippen molar-refractivity contribution in [2.24, 2.45) is 0 Å². The molecule has 747 valence electrons. The predicted molar refractivity (Wildman–Crippen MR) is 419 cm³/mol. The third kappa shape index (κ3) is 119. The van der Waals surface area contributed by atoms with Crippen LogP contribution < -0.4 is 87.2 Å². The number of allylic oxidation sites excluding steroid dienone is 4. The zero-order valence-electron chi connectivity index (χ0n) is 75.0. The SMILES string of the molecule is CCCCCCCC/C=C\CCCCCCCC(=O)NCC.CCCCCCCC/C=C\CCCCCCCC(=O)NCC.O=C([O-])CN(CCN(CC(=O)[O-])CC(=O)[O-])CCN(CC(=O)[O-])CC(=O)[O-].O=C([O-])CN(CCN(CC(=O)[O-])CC(=O)[O-])CCN(CC(=O)[O-])CC(=O)[O-].O=C([O-])CN(CCN(CC(=O)[O-])CC(=O)[O-])CCN(CC(=O)[O-])CC(=O)[O-].[Gd+3].[Gd+3].[Gd+3].[Gd+3].[Gd+3]. The number of aliphatic carboxylic acids is 15. The van der Waals surface area contributed by atoms with Gasteiger partial charge < -0.3 is 159 Å². The fourth-order valence-electron chi connectivity index (χ4n) is 11.8. The summed E-state index contributed by atoms with van der Waals surface area (Å²) < 4.78 is 0. The van der Waals surface area contributed by atoms with Crippen LogP contribution in [0.4, 0.5) is 0 Å². The van der Waals surface area contributed by atoms with E-state index in [2.05, 4.69) is 48.8 Å². The Bertz CT molecular complexity index is 2630. The summed E-state index contributed by atoms with van der Waals surface area (Å²) in [5.41, 5.74) is 0. The maximum Gasteiger partial charge on any atom is 3.00 e. The van der Waals surface area contributed by atoms with Crippen molar-refractivity contribution in [1.29, 1.82) is 0 Å². The van der Waals surface area contributed by atoms with Crippen molar-refractivity contribution >= 4 is 101 Å². The van der Waals surface area contributed by atoms with E-state index in [1.165, 1.54) is 169 Å². The number of carboxylic acids is 15. The zero-order chi connectivity index (χ0) is 95.6. The molecule has 0 unspecified atom stereocenters. The van der Waals surface area contributed by atoms with Crippen molar-refractivity contribution in [3.63, 3.8) is 0 Å². The summed E-state index contributed by atoms with van der Waals surface area (Å²) in [4.78, 5) is 192. The minimum absolute atomic E-state index is 0. The second-order valence-electron chi connectivity index (χ2n) is 29.2. The molecule has 0 heterocycles. The summed E-state index contributed by atoms with van der Waals surface area (Å²) in [5.74, 6) is -22.6. The van der Waals surface area contributed by atoms with Crippen LogP contribution >= 0.6 is 0 Å². The number of rotatable bonds is 80. The molecular weight excluding hydrogens is 2440 g/mol. The molecular formula is C82H132Gd5N11O32. The van der Waals surface area contributed by atoms with Crippen molar-refractivity contribution in [2.75, 3.05) is 190 Å². The van der Waals surface area contributed by atoms with Crippen LogP contribution in [0.5, 0.6) is 0 Å². The molecule has 0 aromatic carbocycles. The van der Waals surface area contributed by atoms with E-state index in [0.29, 0.717) is 12.8 Å². The number of carbonyl (C=O) groups excluding carboxylic acids is 17. The van der Waals surface area contributed by atoms with Gasteiger partial charge in [0.15, 0.2) is 0 Å². The molecule has 5 radical (unpaired) electrons. The van der Waals surface area contributed by atoms with Crippen LogP contribution in [-0.2, 0) is 81.5 Å². The van der Waals surface area contributed by atoms with Crippen molar-refractivity contribution in [3.05, 3.63) is 24.3 Å². The summed E-state index contributed by atoms with van der Waals surface area (Å²) in [7, 11) is 0. The average Bonchev–Trinajstić information content (AvgIpc) is 0.927. The molecule has 43 nitrogen and oxygen atoms in total. The standard InChI is InChI=1S/2C20H39NO.3C14H23N3O10.5Gd/c2*1-3-5-6-7-8-9-10-11-12-13-14-15-16-17-18-19-20(22)21-4-2;3*18-10(19)5-15(1-3-16(6-11(20)21)7-12(22)23)2-4-17(8-13(24)25)9-14(26)27;;;;;/h2*11-12H,3-10,13-19H2,1-2H3,(H,21,22);3*1-9H2,(H,18,19)(H,20,21)(H,22,23)(H,24,25)(H,26,27);;;;;/q;;;;;5*+3/p-15/b2*12-11-;;;;;;;;. The maximum absolute atomic E-state index is 11.3. The fourth-order valence-corrected chi connectivity index (χ4v) is 11.8. The van der Waals surface area contributed by atoms with E-state index in [4.69, 9.17) is 0 Å². The first-order valence-corrected chi connectivity index (χ1v) is 42.4. The third-order valence-corrected chi connectivity index (χ3v) is 17.8. The molecule has 0 bridgehead atoms. The van der Waals surface area contributed by atoms with Crippen molar-refractivity contribution in [1.82, 2.24) is 54.7 Å². The Morgan fingerprint density at radius 3 is 0.446 bits per heavy atom. The van der Waals surface area contributed by atoms with E-state index < -0.39 is 188 Å². The van der Waals surface area contributed by atoms with Gasteiger partial charge in [0.2, 0.25) is 11.8 Å². The molecule has 0 rings (SSSR count). The smallest absolute Gasteiger partial charge is 0.549 e. The van der Waals surface area contributed by atoms with Gasteiger partial charge in [-0.1, -0.05) is 141 Å². The Balaban J connectivity index is -0.000000172. The van der Waals surface area contributed by atoms with Gasteiger partial charge in [-0.15, -0.1) is 0 Å². The number of carbonyl (C=O) groups is 17. The van der Waals surface area contributed by atoms with Gasteiger partial charge in [-0.3, -0.25) is 53.7 Å². The molecule has 2 amide bonds. The number of carboxylic acid groups (broad SMARTS) is 15. The summed E-state index contributed by atoms with van der Waals surface area (Å²) in [6, 6.07) is 0. The van der Waals surface area contributed by atoms with Gasteiger partial charge in [-0.2, -0.15) is 0 Å². The zero-order valence-corrected chi connectivity index (χ0v) is 86.3. The van der Waals surface area contributed by atoms with Crippen molar-refractivity contribution in [3.8, 4) is 0 Å². The average molecular weight is 2570 g/mol. The molecule has 0 saturated heterocycles. The predicted octanol–water partition coefficient (Wildman–Crippen LogP) is -15.8. The van der Waals surface area contributed by atoms with Crippen LogP contribution in [0, 0.1) is 200 Å². The van der Waals surface area contributed by atoms with Crippen LogP contribution in [0.2, 0.25) is 0 Å². The van der Waals surface area contributed by atoms with E-state index in [-0.39, 0.29) is 290 Å². The summed E-state index contributed by atoms with van der Waals surface area (Å²) >= 11 is 0. The molecule has 0 saturated carbocycles. The van der Waals surface area contributed by atoms with E-state index in [1.54, 1.807) is 0 Å². The third-order valence-electron chi connectivity index (χ3n) is 17.8. The quantitative estimate of drug-likeness (QED) is 0.0422. The molecule has 48 heteroatoms. The monoisotopic (exact) mass is 2570 g/mol. The molecule has 0 aliphatic carbocycles. The van der Waals surface area contributed by atoms with Gasteiger partial charge in [-0.05, 0) is 78.1 Å². The molecule has 0 atom stereocenters. The van der Waals surface area contributed by atoms with Crippen LogP contribution in [-0.4, -0.2) is 335 Å². The largest absolute Gasteiger partial charge is 3.00 e. The van der Waals surface area contributed by atoms with Crippen molar-refractivity contribution in [2.45, 2.75) is 207 Å². The van der Waals surface area contributed by atoms with Gasteiger partial charge in [0.05, 0.1) is 89.5 Å². The normalized spacial score (nSPS) is 10.7. The first-order chi connectivity index (χ1) is 59.1. The Kier molecular flexibility index (Phi) is 117. The summed E-state index contributed by atoms with van der Waals surface area (Å²) in [6.07, 6.45) is 44.7. The molecule has 0 fully saturated rings. The van der Waals surface area contributed by atoms with E-state index in [1.807, 2.05) is 13.8 Å². The van der Waals surface area contributed by atoms with E-state index in [9.17, 15) is 158 Å².